The van der Waals surface area contributed by atoms with Crippen LogP contribution in [0.2, 0.25) is 0 Å². The third-order valence-electron chi connectivity index (χ3n) is 4.19. The molecule has 1 unspecified atom stereocenters. The van der Waals surface area contributed by atoms with Crippen LogP contribution in [-0.4, -0.2) is 39.2 Å². The highest BCUT2D eigenvalue weighted by Crippen LogP contribution is 2.26. The molecule has 0 bridgehead atoms. The summed E-state index contributed by atoms with van der Waals surface area (Å²) in [4.78, 5) is 12.4. The lowest BCUT2D eigenvalue weighted by Gasteiger charge is -2.32. The van der Waals surface area contributed by atoms with E-state index >= 15 is 0 Å². The number of hydrogen-bond acceptors (Lipinski definition) is 7. The van der Waals surface area contributed by atoms with Crippen molar-refractivity contribution in [1.82, 2.24) is 14.9 Å². The van der Waals surface area contributed by atoms with Gasteiger partial charge in [-0.25, -0.2) is 15.8 Å². The quantitative estimate of drug-likeness (QED) is 0.587. The number of thiophene rings is 1. The number of aromatic nitrogens is 2. The van der Waals surface area contributed by atoms with Crippen LogP contribution in [0.1, 0.15) is 25.6 Å². The summed E-state index contributed by atoms with van der Waals surface area (Å²) >= 11 is 1.60. The number of piperidine rings is 1. The molecular formula is C14H21N5OS. The normalized spacial score (nSPS) is 19.0. The topological polar surface area (TPSA) is 87.3 Å². The zero-order valence-electron chi connectivity index (χ0n) is 12.1. The first kappa shape index (κ1) is 14.6. The van der Waals surface area contributed by atoms with Gasteiger partial charge in [-0.3, -0.25) is 4.90 Å². The highest BCUT2D eigenvalue weighted by Gasteiger charge is 2.23. The second-order valence-electron chi connectivity index (χ2n) is 5.63. The van der Waals surface area contributed by atoms with Crippen molar-refractivity contribution in [2.75, 3.05) is 18.5 Å². The molecule has 1 aliphatic rings. The smallest absolute Gasteiger partial charge is 0.152 e. The number of aliphatic hydroxyl groups excluding tert-OH is 1. The minimum Gasteiger partial charge on any atom is -0.393 e. The van der Waals surface area contributed by atoms with Crippen LogP contribution in [0.15, 0.2) is 11.4 Å². The lowest BCUT2D eigenvalue weighted by Crippen LogP contribution is -2.37. The van der Waals surface area contributed by atoms with E-state index in [1.165, 1.54) is 0 Å². The summed E-state index contributed by atoms with van der Waals surface area (Å²) in [5, 5.41) is 12.6. The van der Waals surface area contributed by atoms with Crippen LogP contribution in [0.25, 0.3) is 10.2 Å². The monoisotopic (exact) mass is 307 g/mol. The largest absolute Gasteiger partial charge is 0.393 e. The van der Waals surface area contributed by atoms with Crippen molar-refractivity contribution in [3.8, 4) is 0 Å². The summed E-state index contributed by atoms with van der Waals surface area (Å²) < 4.78 is 0. The lowest BCUT2D eigenvalue weighted by atomic mass is 9.92. The number of likely N-dealkylation sites (tertiary alicyclic amines) is 1. The summed E-state index contributed by atoms with van der Waals surface area (Å²) in [5.41, 5.74) is 2.66. The molecule has 2 aromatic rings. The maximum absolute atomic E-state index is 9.65. The van der Waals surface area contributed by atoms with Gasteiger partial charge in [0.15, 0.2) is 5.82 Å². The molecule has 21 heavy (non-hydrogen) atoms. The van der Waals surface area contributed by atoms with Crippen LogP contribution in [0, 0.1) is 5.92 Å². The summed E-state index contributed by atoms with van der Waals surface area (Å²) in [6, 6.07) is 1.98. The number of nitrogen functional groups attached to an aromatic ring is 1. The van der Waals surface area contributed by atoms with Gasteiger partial charge in [-0.15, -0.1) is 11.3 Å². The fourth-order valence-electron chi connectivity index (χ4n) is 2.87. The van der Waals surface area contributed by atoms with Gasteiger partial charge in [0.25, 0.3) is 0 Å². The maximum Gasteiger partial charge on any atom is 0.152 e. The molecule has 1 aliphatic heterocycles. The Bertz CT molecular complexity index is 606. The molecule has 1 atom stereocenters. The number of nitrogens with two attached hydrogens (primary N) is 1. The Kier molecular flexibility index (Phi) is 4.34. The fourth-order valence-corrected chi connectivity index (χ4v) is 3.66. The molecule has 7 heteroatoms. The first-order chi connectivity index (χ1) is 10.2. The molecule has 0 amide bonds. The molecule has 1 saturated heterocycles. The Labute approximate surface area is 128 Å². The van der Waals surface area contributed by atoms with E-state index in [4.69, 9.17) is 5.84 Å². The first-order valence-electron chi connectivity index (χ1n) is 7.28. The van der Waals surface area contributed by atoms with Gasteiger partial charge < -0.3 is 10.5 Å². The molecule has 0 spiro atoms. The Hall–Kier alpha value is -1.28. The minimum absolute atomic E-state index is 0.209. The van der Waals surface area contributed by atoms with Gasteiger partial charge >= 0.3 is 0 Å². The van der Waals surface area contributed by atoms with Crippen molar-refractivity contribution in [2.24, 2.45) is 11.8 Å². The van der Waals surface area contributed by atoms with E-state index in [0.29, 0.717) is 11.7 Å². The van der Waals surface area contributed by atoms with Crippen molar-refractivity contribution in [1.29, 1.82) is 0 Å². The molecule has 0 saturated carbocycles. The van der Waals surface area contributed by atoms with Crippen LogP contribution < -0.4 is 11.3 Å². The van der Waals surface area contributed by atoms with E-state index in [0.717, 1.165) is 48.5 Å². The van der Waals surface area contributed by atoms with Crippen LogP contribution >= 0.6 is 11.3 Å². The van der Waals surface area contributed by atoms with E-state index in [9.17, 15) is 5.11 Å². The maximum atomic E-state index is 9.65. The Morgan fingerprint density at radius 3 is 2.90 bits per heavy atom. The van der Waals surface area contributed by atoms with E-state index in [2.05, 4.69) is 20.3 Å². The molecule has 2 aromatic heterocycles. The third kappa shape index (κ3) is 3.16. The van der Waals surface area contributed by atoms with Crippen molar-refractivity contribution in [2.45, 2.75) is 32.4 Å². The highest BCUT2D eigenvalue weighted by molar-refractivity contribution is 7.16. The zero-order valence-corrected chi connectivity index (χ0v) is 12.9. The van der Waals surface area contributed by atoms with Gasteiger partial charge in [0.2, 0.25) is 0 Å². The number of nitrogens with zero attached hydrogens (tertiary/aromatic N) is 3. The molecular weight excluding hydrogens is 286 g/mol. The summed E-state index contributed by atoms with van der Waals surface area (Å²) in [6.07, 6.45) is 1.85. The molecule has 0 radical (unpaired) electrons. The van der Waals surface area contributed by atoms with Gasteiger partial charge in [-0.2, -0.15) is 0 Å². The number of hydrogen-bond donors (Lipinski definition) is 3. The molecule has 0 aromatic carbocycles. The third-order valence-corrected chi connectivity index (χ3v) is 4.99. The van der Waals surface area contributed by atoms with Gasteiger partial charge in [0.1, 0.15) is 10.7 Å². The van der Waals surface area contributed by atoms with Crippen LogP contribution in [0.5, 0.6) is 0 Å². The van der Waals surface area contributed by atoms with E-state index in [-0.39, 0.29) is 6.10 Å². The molecule has 3 heterocycles. The Morgan fingerprint density at radius 1 is 1.48 bits per heavy atom. The predicted molar refractivity (Wildman–Crippen MR) is 84.9 cm³/mol. The van der Waals surface area contributed by atoms with Crippen molar-refractivity contribution >= 4 is 27.4 Å². The average molecular weight is 307 g/mol. The van der Waals surface area contributed by atoms with E-state index < -0.39 is 0 Å². The SMILES string of the molecule is CC(O)C1CCN(Cc2nc(NN)c3ccsc3n2)CC1. The molecule has 1 fully saturated rings. The predicted octanol–water partition coefficient (Wildman–Crippen LogP) is 1.57. The van der Waals surface area contributed by atoms with Gasteiger partial charge in [-0.05, 0) is 50.2 Å². The standard InChI is InChI=1S/C14H21N5OS/c1-9(20)10-2-5-19(6-3-10)8-12-16-13(18-15)11-4-7-21-14(11)17-12/h4,7,9-10,20H,2-3,5-6,8,15H2,1H3,(H,16,17,18). The average Bonchev–Trinajstić information content (AvgIpc) is 2.95. The number of anilines is 1. The highest BCUT2D eigenvalue weighted by atomic mass is 32.1. The van der Waals surface area contributed by atoms with Crippen LogP contribution in [0.3, 0.4) is 0 Å². The van der Waals surface area contributed by atoms with Crippen LogP contribution in [-0.2, 0) is 6.54 Å². The number of nitrogens with one attached hydrogen (secondary N) is 1. The van der Waals surface area contributed by atoms with Gasteiger partial charge in [-0.1, -0.05) is 0 Å². The molecule has 3 rings (SSSR count). The molecule has 6 nitrogen and oxygen atoms in total. The molecule has 4 N–H and O–H groups in total. The van der Waals surface area contributed by atoms with E-state index in [1.807, 2.05) is 18.4 Å². The number of hydrazine groups is 1. The van der Waals surface area contributed by atoms with Crippen molar-refractivity contribution in [3.63, 3.8) is 0 Å². The molecule has 114 valence electrons. The molecule has 0 aliphatic carbocycles. The van der Waals surface area contributed by atoms with Gasteiger partial charge in [0.05, 0.1) is 18.0 Å². The zero-order chi connectivity index (χ0) is 14.8. The summed E-state index contributed by atoms with van der Waals surface area (Å²) in [6.45, 7) is 4.57. The van der Waals surface area contributed by atoms with Crippen molar-refractivity contribution < 1.29 is 5.11 Å². The number of rotatable bonds is 4. The van der Waals surface area contributed by atoms with Crippen LogP contribution in [0.4, 0.5) is 5.82 Å². The Morgan fingerprint density at radius 2 is 2.24 bits per heavy atom. The van der Waals surface area contributed by atoms with Crippen molar-refractivity contribution in [3.05, 3.63) is 17.3 Å². The number of fused-ring (bicyclic) bond motifs is 1. The lowest BCUT2D eigenvalue weighted by molar-refractivity contribution is 0.0687. The second-order valence-corrected chi connectivity index (χ2v) is 6.52. The first-order valence-corrected chi connectivity index (χ1v) is 8.16. The van der Waals surface area contributed by atoms with E-state index in [1.54, 1.807) is 11.3 Å². The van der Waals surface area contributed by atoms with Gasteiger partial charge in [0, 0.05) is 0 Å². The summed E-state index contributed by atoms with van der Waals surface area (Å²) in [7, 11) is 0. The number of aliphatic hydroxyl groups is 1. The minimum atomic E-state index is -0.209. The second kappa shape index (κ2) is 6.23. The summed E-state index contributed by atoms with van der Waals surface area (Å²) in [5.74, 6) is 7.46. The Balaban J connectivity index is 1.71. The fraction of sp³-hybridized carbons (Fsp3) is 0.571.